The molecule has 0 bridgehead atoms. The second kappa shape index (κ2) is 6.81. The molecule has 1 aromatic carbocycles. The van der Waals surface area contributed by atoms with Crippen LogP contribution in [0.3, 0.4) is 0 Å². The fourth-order valence-electron chi connectivity index (χ4n) is 1.88. The minimum absolute atomic E-state index is 0.239. The van der Waals surface area contributed by atoms with Gasteiger partial charge in [-0.1, -0.05) is 18.1 Å². The highest BCUT2D eigenvalue weighted by atomic mass is 16.5. The topological polar surface area (TPSA) is 58.6 Å². The van der Waals surface area contributed by atoms with Gasteiger partial charge >= 0.3 is 5.97 Å². The van der Waals surface area contributed by atoms with Gasteiger partial charge in [-0.25, -0.2) is 4.79 Å². The first-order valence-corrected chi connectivity index (χ1v) is 6.14. The van der Waals surface area contributed by atoms with Crippen LogP contribution in [0.25, 0.3) is 0 Å². The molecular formula is C15H19NO3. The number of hydrogen-bond donors (Lipinski definition) is 2. The number of phenols is 1. The number of aryl methyl sites for hydroxylation is 2. The Morgan fingerprint density at radius 3 is 2.53 bits per heavy atom. The number of ether oxygens (including phenoxy) is 1. The largest absolute Gasteiger partial charge is 0.507 e. The van der Waals surface area contributed by atoms with Gasteiger partial charge in [-0.05, 0) is 37.5 Å². The van der Waals surface area contributed by atoms with Gasteiger partial charge in [0.15, 0.2) is 0 Å². The van der Waals surface area contributed by atoms with E-state index in [9.17, 15) is 9.90 Å². The molecule has 0 aliphatic heterocycles. The molecule has 0 heterocycles. The summed E-state index contributed by atoms with van der Waals surface area (Å²) in [7, 11) is 0. The van der Waals surface area contributed by atoms with Gasteiger partial charge in [0.25, 0.3) is 0 Å². The van der Waals surface area contributed by atoms with E-state index in [0.717, 1.165) is 5.56 Å². The van der Waals surface area contributed by atoms with Crippen molar-refractivity contribution in [3.05, 3.63) is 28.8 Å². The summed E-state index contributed by atoms with van der Waals surface area (Å²) in [6.45, 7) is 5.90. The minimum atomic E-state index is -0.617. The zero-order valence-electron chi connectivity index (χ0n) is 11.5. The number of hydrogen-bond acceptors (Lipinski definition) is 4. The van der Waals surface area contributed by atoms with Crippen molar-refractivity contribution >= 4 is 5.97 Å². The number of nitrogens with one attached hydrogen (secondary N) is 1. The zero-order chi connectivity index (χ0) is 14.4. The normalized spacial score (nSPS) is 11.7. The quantitative estimate of drug-likeness (QED) is 0.627. The van der Waals surface area contributed by atoms with Crippen LogP contribution in [0.15, 0.2) is 12.1 Å². The Morgan fingerprint density at radius 2 is 2.05 bits per heavy atom. The van der Waals surface area contributed by atoms with E-state index >= 15 is 0 Å². The highest BCUT2D eigenvalue weighted by Crippen LogP contribution is 2.26. The van der Waals surface area contributed by atoms with Gasteiger partial charge in [-0.15, -0.1) is 6.42 Å². The standard InChI is InChI=1S/C15H19NO3/c1-5-7-16-13(15(18)19-6-2)12-8-10(3)14(17)11(4)9-12/h1,8-9,13,16-17H,6-7H2,2-4H3. The molecule has 19 heavy (non-hydrogen) atoms. The van der Waals surface area contributed by atoms with E-state index in [1.807, 2.05) is 0 Å². The van der Waals surface area contributed by atoms with Crippen LogP contribution < -0.4 is 5.32 Å². The average Bonchev–Trinajstić information content (AvgIpc) is 2.36. The Hall–Kier alpha value is -1.99. The summed E-state index contributed by atoms with van der Waals surface area (Å²) < 4.78 is 5.03. The molecule has 0 radical (unpaired) electrons. The molecule has 1 aromatic rings. The van der Waals surface area contributed by atoms with Gasteiger partial charge in [0.05, 0.1) is 13.2 Å². The Balaban J connectivity index is 3.10. The van der Waals surface area contributed by atoms with Gasteiger partial charge in [0, 0.05) is 0 Å². The van der Waals surface area contributed by atoms with Crippen molar-refractivity contribution < 1.29 is 14.6 Å². The lowest BCUT2D eigenvalue weighted by molar-refractivity contribution is -0.145. The third-order valence-electron chi connectivity index (χ3n) is 2.78. The highest BCUT2D eigenvalue weighted by molar-refractivity contribution is 5.78. The van der Waals surface area contributed by atoms with Gasteiger partial charge in [-0.2, -0.15) is 0 Å². The molecule has 1 unspecified atom stereocenters. The molecule has 102 valence electrons. The van der Waals surface area contributed by atoms with E-state index in [4.69, 9.17) is 11.2 Å². The van der Waals surface area contributed by atoms with Crippen LogP contribution in [0.4, 0.5) is 0 Å². The smallest absolute Gasteiger partial charge is 0.327 e. The van der Waals surface area contributed by atoms with Crippen molar-refractivity contribution in [3.8, 4) is 18.1 Å². The number of carbonyl (C=O) groups excluding carboxylic acids is 1. The zero-order valence-corrected chi connectivity index (χ0v) is 11.5. The van der Waals surface area contributed by atoms with E-state index < -0.39 is 6.04 Å². The number of benzene rings is 1. The number of phenolic OH excluding ortho intramolecular Hbond substituents is 1. The van der Waals surface area contributed by atoms with E-state index in [0.29, 0.717) is 17.7 Å². The summed E-state index contributed by atoms with van der Waals surface area (Å²) in [5.74, 6) is 2.30. The van der Waals surface area contributed by atoms with E-state index in [1.165, 1.54) is 0 Å². The predicted molar refractivity (Wildman–Crippen MR) is 73.8 cm³/mol. The molecule has 0 saturated heterocycles. The number of rotatable bonds is 5. The molecule has 0 aromatic heterocycles. The van der Waals surface area contributed by atoms with Gasteiger partial charge in [-0.3, -0.25) is 5.32 Å². The molecule has 0 aliphatic carbocycles. The van der Waals surface area contributed by atoms with Crippen LogP contribution in [0.1, 0.15) is 29.7 Å². The fraction of sp³-hybridized carbons (Fsp3) is 0.400. The summed E-state index contributed by atoms with van der Waals surface area (Å²) >= 11 is 0. The van der Waals surface area contributed by atoms with E-state index in [-0.39, 0.29) is 18.3 Å². The highest BCUT2D eigenvalue weighted by Gasteiger charge is 2.22. The number of terminal acetylenes is 1. The summed E-state index contributed by atoms with van der Waals surface area (Å²) in [5, 5.41) is 12.7. The molecule has 4 heteroatoms. The molecule has 0 amide bonds. The predicted octanol–water partition coefficient (Wildman–Crippen LogP) is 1.84. The molecular weight excluding hydrogens is 242 g/mol. The van der Waals surface area contributed by atoms with Crippen molar-refractivity contribution in [3.63, 3.8) is 0 Å². The second-order valence-corrected chi connectivity index (χ2v) is 4.27. The van der Waals surface area contributed by atoms with E-state index in [2.05, 4.69) is 11.2 Å². The van der Waals surface area contributed by atoms with Crippen molar-refractivity contribution in [2.45, 2.75) is 26.8 Å². The van der Waals surface area contributed by atoms with Crippen LogP contribution in [0, 0.1) is 26.2 Å². The van der Waals surface area contributed by atoms with Crippen molar-refractivity contribution in [2.75, 3.05) is 13.2 Å². The Labute approximate surface area is 113 Å². The maximum absolute atomic E-state index is 11.9. The van der Waals surface area contributed by atoms with Crippen LogP contribution in [0.5, 0.6) is 5.75 Å². The number of aromatic hydroxyl groups is 1. The Morgan fingerprint density at radius 1 is 1.47 bits per heavy atom. The molecule has 0 spiro atoms. The third-order valence-corrected chi connectivity index (χ3v) is 2.78. The van der Waals surface area contributed by atoms with E-state index in [1.54, 1.807) is 32.9 Å². The van der Waals surface area contributed by atoms with Gasteiger partial charge in [0.2, 0.25) is 0 Å². The molecule has 0 fully saturated rings. The van der Waals surface area contributed by atoms with Crippen LogP contribution >= 0.6 is 0 Å². The Bertz CT molecular complexity index is 480. The van der Waals surface area contributed by atoms with Crippen LogP contribution in [-0.2, 0) is 9.53 Å². The average molecular weight is 261 g/mol. The maximum atomic E-state index is 11.9. The monoisotopic (exact) mass is 261 g/mol. The minimum Gasteiger partial charge on any atom is -0.507 e. The number of carbonyl (C=O) groups is 1. The number of esters is 1. The first-order chi connectivity index (χ1) is 9.01. The third kappa shape index (κ3) is 3.73. The molecule has 2 N–H and O–H groups in total. The van der Waals surface area contributed by atoms with Crippen LogP contribution in [0.2, 0.25) is 0 Å². The lowest BCUT2D eigenvalue weighted by Gasteiger charge is -2.18. The molecule has 1 rings (SSSR count). The SMILES string of the molecule is C#CCNC(C(=O)OCC)c1cc(C)c(O)c(C)c1. The summed E-state index contributed by atoms with van der Waals surface area (Å²) in [4.78, 5) is 11.9. The van der Waals surface area contributed by atoms with Crippen molar-refractivity contribution in [1.82, 2.24) is 5.32 Å². The second-order valence-electron chi connectivity index (χ2n) is 4.27. The molecule has 0 aliphatic rings. The molecule has 0 saturated carbocycles. The van der Waals surface area contributed by atoms with Crippen molar-refractivity contribution in [2.24, 2.45) is 0 Å². The Kier molecular flexibility index (Phi) is 5.40. The summed E-state index contributed by atoms with van der Waals surface area (Å²) in [6, 6.07) is 2.90. The summed E-state index contributed by atoms with van der Waals surface area (Å²) in [5.41, 5.74) is 2.17. The van der Waals surface area contributed by atoms with Gasteiger partial charge in [0.1, 0.15) is 11.8 Å². The molecule has 1 atom stereocenters. The lowest BCUT2D eigenvalue weighted by atomic mass is 10.00. The summed E-state index contributed by atoms with van der Waals surface area (Å²) in [6.07, 6.45) is 5.21. The first-order valence-electron chi connectivity index (χ1n) is 6.14. The molecule has 4 nitrogen and oxygen atoms in total. The fourth-order valence-corrected chi connectivity index (χ4v) is 1.88. The van der Waals surface area contributed by atoms with Crippen molar-refractivity contribution in [1.29, 1.82) is 0 Å². The first kappa shape index (κ1) is 15.1. The maximum Gasteiger partial charge on any atom is 0.327 e. The lowest BCUT2D eigenvalue weighted by Crippen LogP contribution is -2.30. The van der Waals surface area contributed by atoms with Gasteiger partial charge < -0.3 is 9.84 Å². The van der Waals surface area contributed by atoms with Crippen LogP contribution in [-0.4, -0.2) is 24.2 Å².